The van der Waals surface area contributed by atoms with Gasteiger partial charge in [-0.2, -0.15) is 0 Å². The Bertz CT molecular complexity index is 1240. The van der Waals surface area contributed by atoms with Gasteiger partial charge in [0.1, 0.15) is 11.5 Å². The Balaban J connectivity index is 1.73. The van der Waals surface area contributed by atoms with Crippen LogP contribution >= 0.6 is 0 Å². The Morgan fingerprint density at radius 3 is 2.38 bits per heavy atom. The van der Waals surface area contributed by atoms with Crippen molar-refractivity contribution in [2.75, 3.05) is 39.8 Å². The van der Waals surface area contributed by atoms with Crippen molar-refractivity contribution in [3.8, 4) is 39.8 Å². The van der Waals surface area contributed by atoms with Gasteiger partial charge in [-0.25, -0.2) is 4.79 Å². The zero-order chi connectivity index (χ0) is 26.7. The number of piperazine rings is 1. The second-order valence-corrected chi connectivity index (χ2v) is 10.5. The Morgan fingerprint density at radius 2 is 1.76 bits per heavy atom. The van der Waals surface area contributed by atoms with Crippen molar-refractivity contribution in [2.24, 2.45) is 0 Å². The highest BCUT2D eigenvalue weighted by atomic mass is 16.6. The molecule has 1 amide bonds. The van der Waals surface area contributed by atoms with Gasteiger partial charge < -0.3 is 29.7 Å². The number of aromatic nitrogens is 1. The van der Waals surface area contributed by atoms with Gasteiger partial charge in [0.05, 0.1) is 11.1 Å². The van der Waals surface area contributed by atoms with E-state index in [1.54, 1.807) is 13.0 Å². The fourth-order valence-corrected chi connectivity index (χ4v) is 4.45. The van der Waals surface area contributed by atoms with Crippen LogP contribution in [0.15, 0.2) is 40.9 Å². The van der Waals surface area contributed by atoms with Gasteiger partial charge in [-0.15, -0.1) is 0 Å². The van der Waals surface area contributed by atoms with E-state index in [1.807, 2.05) is 45.0 Å². The Morgan fingerprint density at radius 1 is 1.08 bits per heavy atom. The molecular formula is C28H36N4O5. The summed E-state index contributed by atoms with van der Waals surface area (Å²) in [6.45, 7) is 13.1. The third-order valence-electron chi connectivity index (χ3n) is 6.58. The third kappa shape index (κ3) is 6.06. The molecule has 9 heteroatoms. The van der Waals surface area contributed by atoms with Gasteiger partial charge in [0.2, 0.25) is 0 Å². The minimum absolute atomic E-state index is 0.00227. The predicted octanol–water partition coefficient (Wildman–Crippen LogP) is 4.57. The Hall–Kier alpha value is -3.56. The van der Waals surface area contributed by atoms with Gasteiger partial charge in [0.15, 0.2) is 5.76 Å². The Kier molecular flexibility index (Phi) is 7.75. The topological polar surface area (TPSA) is 111 Å². The van der Waals surface area contributed by atoms with Gasteiger partial charge in [-0.1, -0.05) is 45.0 Å². The first-order valence-corrected chi connectivity index (χ1v) is 12.6. The van der Waals surface area contributed by atoms with E-state index >= 15 is 0 Å². The largest absolute Gasteiger partial charge is 0.508 e. The SMILES string of the molecule is CCNC(=O)Oc1noc(-c2cc(C(C)(C)C)c(O)cc2O)c1-c1ccc(CN2CCN(C)CC2)cc1. The summed E-state index contributed by atoms with van der Waals surface area (Å²) in [4.78, 5) is 17.0. The molecule has 2 heterocycles. The summed E-state index contributed by atoms with van der Waals surface area (Å²) in [5.41, 5.74) is 2.92. The number of hydrogen-bond donors (Lipinski definition) is 3. The van der Waals surface area contributed by atoms with Crippen LogP contribution in [0, 0.1) is 0 Å². The minimum atomic E-state index is -0.652. The molecule has 9 nitrogen and oxygen atoms in total. The van der Waals surface area contributed by atoms with Crippen molar-refractivity contribution in [1.82, 2.24) is 20.3 Å². The average molecular weight is 509 g/mol. The van der Waals surface area contributed by atoms with Gasteiger partial charge in [0, 0.05) is 50.9 Å². The second kappa shape index (κ2) is 10.8. The number of phenolic OH excluding ortho intramolecular Hbond substituents is 2. The first-order valence-electron chi connectivity index (χ1n) is 12.6. The average Bonchev–Trinajstić information content (AvgIpc) is 3.23. The number of benzene rings is 2. The number of nitrogens with one attached hydrogen (secondary N) is 1. The van der Waals surface area contributed by atoms with Crippen molar-refractivity contribution < 1.29 is 24.3 Å². The lowest BCUT2D eigenvalue weighted by molar-refractivity contribution is 0.148. The molecule has 3 N–H and O–H groups in total. The molecule has 198 valence electrons. The van der Waals surface area contributed by atoms with Crippen LogP contribution in [0.2, 0.25) is 0 Å². The highest BCUT2D eigenvalue weighted by molar-refractivity contribution is 5.87. The number of aromatic hydroxyl groups is 2. The van der Waals surface area contributed by atoms with Crippen LogP contribution in [0.25, 0.3) is 22.5 Å². The standard InChI is InChI=1S/C28H36N4O5/c1-6-29-27(35)36-26-24(19-9-7-18(8-10-19)17-32-13-11-31(5)12-14-32)25(37-30-26)20-15-21(28(2,3)4)23(34)16-22(20)33/h7-10,15-16,33-34H,6,11-14,17H2,1-5H3,(H,29,35). The molecule has 1 saturated heterocycles. The van der Waals surface area contributed by atoms with Gasteiger partial charge >= 0.3 is 6.09 Å². The number of nitrogens with zero attached hydrogens (tertiary/aromatic N) is 3. The molecule has 0 spiro atoms. The predicted molar refractivity (Wildman–Crippen MR) is 142 cm³/mol. The van der Waals surface area contributed by atoms with E-state index in [0.29, 0.717) is 23.2 Å². The fourth-order valence-electron chi connectivity index (χ4n) is 4.45. The van der Waals surface area contributed by atoms with E-state index in [2.05, 4.69) is 27.3 Å². The Labute approximate surface area is 217 Å². The lowest BCUT2D eigenvalue weighted by Gasteiger charge is -2.32. The smallest absolute Gasteiger partial charge is 0.414 e. The molecule has 0 atom stereocenters. The number of hydrogen-bond acceptors (Lipinski definition) is 8. The molecule has 0 saturated carbocycles. The summed E-state index contributed by atoms with van der Waals surface area (Å²) in [7, 11) is 2.14. The highest BCUT2D eigenvalue weighted by Gasteiger charge is 2.28. The number of phenols is 2. The monoisotopic (exact) mass is 508 g/mol. The lowest BCUT2D eigenvalue weighted by atomic mass is 9.84. The van der Waals surface area contributed by atoms with Crippen LogP contribution in [0.5, 0.6) is 17.4 Å². The van der Waals surface area contributed by atoms with Crippen molar-refractivity contribution >= 4 is 6.09 Å². The van der Waals surface area contributed by atoms with Crippen LogP contribution in [0.4, 0.5) is 4.79 Å². The first kappa shape index (κ1) is 26.5. The van der Waals surface area contributed by atoms with Crippen molar-refractivity contribution in [3.05, 3.63) is 47.5 Å². The maximum Gasteiger partial charge on any atom is 0.414 e. The molecule has 4 rings (SSSR count). The minimum Gasteiger partial charge on any atom is -0.508 e. The zero-order valence-electron chi connectivity index (χ0n) is 22.2. The highest BCUT2D eigenvalue weighted by Crippen LogP contribution is 2.46. The molecule has 37 heavy (non-hydrogen) atoms. The third-order valence-corrected chi connectivity index (χ3v) is 6.58. The van der Waals surface area contributed by atoms with E-state index in [9.17, 15) is 15.0 Å². The zero-order valence-corrected chi connectivity index (χ0v) is 22.2. The van der Waals surface area contributed by atoms with Crippen LogP contribution in [-0.2, 0) is 12.0 Å². The molecule has 0 radical (unpaired) electrons. The quantitative estimate of drug-likeness (QED) is 0.444. The van der Waals surface area contributed by atoms with Crippen molar-refractivity contribution in [3.63, 3.8) is 0 Å². The number of ether oxygens (including phenoxy) is 1. The molecule has 1 aliphatic heterocycles. The number of rotatable bonds is 6. The van der Waals surface area contributed by atoms with E-state index in [4.69, 9.17) is 9.26 Å². The van der Waals surface area contributed by atoms with Crippen molar-refractivity contribution in [2.45, 2.75) is 39.7 Å². The molecule has 1 aromatic heterocycles. The van der Waals surface area contributed by atoms with Crippen LogP contribution < -0.4 is 10.1 Å². The van der Waals surface area contributed by atoms with Crippen LogP contribution in [0.1, 0.15) is 38.8 Å². The van der Waals surface area contributed by atoms with E-state index in [-0.39, 0.29) is 23.1 Å². The molecule has 1 fully saturated rings. The molecule has 3 aromatic rings. The van der Waals surface area contributed by atoms with Gasteiger partial charge in [0.25, 0.3) is 5.88 Å². The molecule has 2 aromatic carbocycles. The van der Waals surface area contributed by atoms with E-state index in [1.165, 1.54) is 11.6 Å². The van der Waals surface area contributed by atoms with Crippen molar-refractivity contribution in [1.29, 1.82) is 0 Å². The molecule has 0 bridgehead atoms. The molecular weight excluding hydrogens is 472 g/mol. The summed E-state index contributed by atoms with van der Waals surface area (Å²) >= 11 is 0. The maximum absolute atomic E-state index is 12.2. The second-order valence-electron chi connectivity index (χ2n) is 10.5. The summed E-state index contributed by atoms with van der Waals surface area (Å²) in [5, 5.41) is 27.8. The van der Waals surface area contributed by atoms with Gasteiger partial charge in [-0.3, -0.25) is 4.90 Å². The summed E-state index contributed by atoms with van der Waals surface area (Å²) in [6.07, 6.45) is -0.652. The van der Waals surface area contributed by atoms with E-state index in [0.717, 1.165) is 38.3 Å². The van der Waals surface area contributed by atoms with E-state index < -0.39 is 11.5 Å². The number of amides is 1. The first-order chi connectivity index (χ1) is 17.6. The maximum atomic E-state index is 12.2. The fraction of sp³-hybridized carbons (Fsp3) is 0.429. The molecule has 0 unspecified atom stereocenters. The lowest BCUT2D eigenvalue weighted by Crippen LogP contribution is -2.43. The van der Waals surface area contributed by atoms with Crippen LogP contribution in [0.3, 0.4) is 0 Å². The van der Waals surface area contributed by atoms with Crippen LogP contribution in [-0.4, -0.2) is 71.0 Å². The summed E-state index contributed by atoms with van der Waals surface area (Å²) in [5.74, 6) is 0.0627. The molecule has 1 aliphatic rings. The molecule has 0 aliphatic carbocycles. The normalized spacial score (nSPS) is 15.1. The number of carbonyl (C=O) groups excluding carboxylic acids is 1. The number of carbonyl (C=O) groups is 1. The summed E-state index contributed by atoms with van der Waals surface area (Å²) in [6, 6.07) is 10.9. The number of likely N-dealkylation sites (N-methyl/N-ethyl adjacent to an activating group) is 1. The summed E-state index contributed by atoms with van der Waals surface area (Å²) < 4.78 is 11.1. The van der Waals surface area contributed by atoms with Gasteiger partial charge in [-0.05, 0) is 41.7 Å².